The second-order valence-corrected chi connectivity index (χ2v) is 12.5. The van der Waals surface area contributed by atoms with Crippen molar-refractivity contribution in [3.05, 3.63) is 24.3 Å². The van der Waals surface area contributed by atoms with Gasteiger partial charge in [0.05, 0.1) is 0 Å². The minimum atomic E-state index is -0.558. The molecule has 196 valence electrons. The Kier molecular flexibility index (Phi) is 7.75. The maximum atomic E-state index is 10.6. The van der Waals surface area contributed by atoms with E-state index in [1.165, 1.54) is 12.1 Å². The molecule has 0 amide bonds. The fourth-order valence-corrected chi connectivity index (χ4v) is 2.98. The summed E-state index contributed by atoms with van der Waals surface area (Å²) < 4.78 is 30.4. The van der Waals surface area contributed by atoms with Crippen molar-refractivity contribution in [2.24, 2.45) is 0 Å². The molecule has 0 saturated carbocycles. The van der Waals surface area contributed by atoms with Gasteiger partial charge in [-0.2, -0.15) is 0 Å². The number of hydrogen-bond acceptors (Lipinski definition) is 7. The van der Waals surface area contributed by atoms with Gasteiger partial charge in [0.25, 0.3) is 0 Å². The lowest BCUT2D eigenvalue weighted by Crippen LogP contribution is -2.25. The van der Waals surface area contributed by atoms with E-state index in [-0.39, 0.29) is 23.0 Å². The highest BCUT2D eigenvalue weighted by molar-refractivity contribution is 5.59. The van der Waals surface area contributed by atoms with Crippen LogP contribution in [0.5, 0.6) is 46.0 Å². The SMILES string of the molecule is CC(C)(C)Oc1cc(Oc2cc(OC(C)(C)C)c(O)cc2OC(C)(C)C)c(OC(C)(C)C)cc1O. The van der Waals surface area contributed by atoms with Crippen molar-refractivity contribution in [1.29, 1.82) is 0 Å². The first kappa shape index (κ1) is 28.3. The molecule has 0 fully saturated rings. The van der Waals surface area contributed by atoms with Crippen molar-refractivity contribution >= 4 is 0 Å². The van der Waals surface area contributed by atoms with Crippen LogP contribution in [0.1, 0.15) is 83.1 Å². The normalized spacial score (nSPS) is 12.8. The van der Waals surface area contributed by atoms with Crippen LogP contribution in [0.4, 0.5) is 0 Å². The van der Waals surface area contributed by atoms with Crippen LogP contribution in [0.2, 0.25) is 0 Å². The Bertz CT molecular complexity index is 946. The number of benzene rings is 2. The van der Waals surface area contributed by atoms with Crippen LogP contribution in [-0.4, -0.2) is 32.6 Å². The lowest BCUT2D eigenvalue weighted by atomic mass is 10.1. The Hall–Kier alpha value is -2.96. The van der Waals surface area contributed by atoms with E-state index < -0.39 is 22.4 Å². The van der Waals surface area contributed by atoms with Gasteiger partial charge < -0.3 is 33.9 Å². The standard InChI is InChI=1S/C28H42O7/c1-25(2,3)32-19-15-21(23(13-17(19)29)34-27(7,8)9)31-22-16-20(33-26(4,5)6)18(30)14-24(22)35-28(10,11)12/h13-16,29-30H,1-12H3. The van der Waals surface area contributed by atoms with Crippen molar-refractivity contribution in [3.63, 3.8) is 0 Å². The van der Waals surface area contributed by atoms with Gasteiger partial charge in [-0.25, -0.2) is 0 Å². The van der Waals surface area contributed by atoms with Gasteiger partial charge in [-0.05, 0) is 83.1 Å². The fourth-order valence-electron chi connectivity index (χ4n) is 2.98. The molecular formula is C28H42O7. The van der Waals surface area contributed by atoms with Crippen LogP contribution < -0.4 is 23.7 Å². The van der Waals surface area contributed by atoms with Crippen LogP contribution in [-0.2, 0) is 0 Å². The third-order valence-electron chi connectivity index (χ3n) is 3.94. The third kappa shape index (κ3) is 9.30. The Labute approximate surface area is 209 Å². The zero-order valence-corrected chi connectivity index (χ0v) is 23.2. The average Bonchev–Trinajstić information content (AvgIpc) is 2.57. The third-order valence-corrected chi connectivity index (χ3v) is 3.94. The predicted molar refractivity (Wildman–Crippen MR) is 138 cm³/mol. The van der Waals surface area contributed by atoms with E-state index in [0.29, 0.717) is 23.0 Å². The number of aromatic hydroxyl groups is 2. The zero-order valence-electron chi connectivity index (χ0n) is 23.2. The number of ether oxygens (including phenoxy) is 5. The highest BCUT2D eigenvalue weighted by atomic mass is 16.6. The molecule has 0 aliphatic rings. The van der Waals surface area contributed by atoms with E-state index in [2.05, 4.69) is 0 Å². The number of phenols is 2. The highest BCUT2D eigenvalue weighted by Gasteiger charge is 2.26. The van der Waals surface area contributed by atoms with Crippen LogP contribution in [0.25, 0.3) is 0 Å². The quantitative estimate of drug-likeness (QED) is 0.431. The second kappa shape index (κ2) is 9.59. The van der Waals surface area contributed by atoms with Gasteiger partial charge in [-0.3, -0.25) is 0 Å². The molecule has 0 aromatic heterocycles. The molecule has 0 aliphatic heterocycles. The van der Waals surface area contributed by atoms with E-state index in [1.54, 1.807) is 12.1 Å². The largest absolute Gasteiger partial charge is 0.504 e. The van der Waals surface area contributed by atoms with Crippen LogP contribution in [0.3, 0.4) is 0 Å². The van der Waals surface area contributed by atoms with Crippen molar-refractivity contribution in [1.82, 2.24) is 0 Å². The predicted octanol–water partition coefficient (Wildman–Crippen LogP) is 7.60. The smallest absolute Gasteiger partial charge is 0.173 e. The average molecular weight is 491 g/mol. The molecule has 35 heavy (non-hydrogen) atoms. The molecule has 0 radical (unpaired) electrons. The lowest BCUT2D eigenvalue weighted by molar-refractivity contribution is 0.113. The molecule has 0 heterocycles. The maximum Gasteiger partial charge on any atom is 0.173 e. The molecule has 2 aromatic rings. The number of rotatable bonds is 6. The summed E-state index contributed by atoms with van der Waals surface area (Å²) in [6.45, 7) is 22.7. The monoisotopic (exact) mass is 490 g/mol. The van der Waals surface area contributed by atoms with Crippen molar-refractivity contribution < 1.29 is 33.9 Å². The van der Waals surface area contributed by atoms with Gasteiger partial charge in [-0.1, -0.05) is 0 Å². The Morgan fingerprint density at radius 3 is 0.914 bits per heavy atom. The van der Waals surface area contributed by atoms with Crippen LogP contribution in [0.15, 0.2) is 24.3 Å². The second-order valence-electron chi connectivity index (χ2n) is 12.5. The summed E-state index contributed by atoms with van der Waals surface area (Å²) in [4.78, 5) is 0. The van der Waals surface area contributed by atoms with E-state index in [1.807, 2.05) is 83.1 Å². The molecule has 0 bridgehead atoms. The maximum absolute atomic E-state index is 10.6. The molecule has 0 unspecified atom stereocenters. The van der Waals surface area contributed by atoms with Gasteiger partial charge in [0.15, 0.2) is 46.0 Å². The van der Waals surface area contributed by atoms with E-state index in [0.717, 1.165) is 0 Å². The number of phenolic OH excluding ortho intramolecular Hbond substituents is 2. The first-order valence-electron chi connectivity index (χ1n) is 11.8. The first-order chi connectivity index (χ1) is 15.6. The Balaban J connectivity index is 2.68. The fraction of sp³-hybridized carbons (Fsp3) is 0.571. The summed E-state index contributed by atoms with van der Waals surface area (Å²) >= 11 is 0. The number of hydrogen-bond donors (Lipinski definition) is 2. The Morgan fingerprint density at radius 2 is 0.657 bits per heavy atom. The van der Waals surface area contributed by atoms with Gasteiger partial charge in [0, 0.05) is 24.3 Å². The van der Waals surface area contributed by atoms with Crippen molar-refractivity contribution in [2.45, 2.75) is 105 Å². The summed E-state index contributed by atoms with van der Waals surface area (Å²) in [6, 6.07) is 6.11. The van der Waals surface area contributed by atoms with Gasteiger partial charge in [-0.15, -0.1) is 0 Å². The molecule has 0 aliphatic carbocycles. The van der Waals surface area contributed by atoms with E-state index in [4.69, 9.17) is 23.7 Å². The molecule has 0 saturated heterocycles. The summed E-state index contributed by atoms with van der Waals surface area (Å²) in [5.74, 6) is 1.62. The van der Waals surface area contributed by atoms with Gasteiger partial charge in [0.2, 0.25) is 0 Å². The molecule has 0 atom stereocenters. The molecule has 7 nitrogen and oxygen atoms in total. The topological polar surface area (TPSA) is 86.6 Å². The lowest BCUT2D eigenvalue weighted by Gasteiger charge is -2.28. The van der Waals surface area contributed by atoms with Crippen LogP contribution in [0, 0.1) is 0 Å². The van der Waals surface area contributed by atoms with E-state index in [9.17, 15) is 10.2 Å². The zero-order chi connectivity index (χ0) is 27.0. The van der Waals surface area contributed by atoms with E-state index >= 15 is 0 Å². The molecule has 7 heteroatoms. The van der Waals surface area contributed by atoms with Crippen LogP contribution >= 0.6 is 0 Å². The first-order valence-corrected chi connectivity index (χ1v) is 11.8. The minimum absolute atomic E-state index is 0.0693. The summed E-state index contributed by atoms with van der Waals surface area (Å²) in [6.07, 6.45) is 0. The molecule has 2 N–H and O–H groups in total. The molecule has 0 spiro atoms. The van der Waals surface area contributed by atoms with Crippen molar-refractivity contribution in [2.75, 3.05) is 0 Å². The summed E-state index contributed by atoms with van der Waals surface area (Å²) in [7, 11) is 0. The molecule has 2 rings (SSSR count). The minimum Gasteiger partial charge on any atom is -0.504 e. The molecular weight excluding hydrogens is 448 g/mol. The summed E-state index contributed by atoms with van der Waals surface area (Å²) in [5, 5.41) is 21.2. The highest BCUT2D eigenvalue weighted by Crippen LogP contribution is 2.48. The van der Waals surface area contributed by atoms with Crippen molar-refractivity contribution in [3.8, 4) is 46.0 Å². The molecule has 2 aromatic carbocycles. The van der Waals surface area contributed by atoms with Gasteiger partial charge in [0.1, 0.15) is 22.4 Å². The Morgan fingerprint density at radius 1 is 0.400 bits per heavy atom. The van der Waals surface area contributed by atoms with Gasteiger partial charge >= 0.3 is 0 Å². The summed E-state index contributed by atoms with van der Waals surface area (Å²) in [5.41, 5.74) is -2.21.